The minimum Gasteiger partial charge on any atom is -0.394 e. The number of anilines is 4. The first kappa shape index (κ1) is 21.0. The Labute approximate surface area is 173 Å². The topological polar surface area (TPSA) is 129 Å². The monoisotopic (exact) mass is 434 g/mol. The summed E-state index contributed by atoms with van der Waals surface area (Å²) in [7, 11) is -3.36. The number of nitrogens with zero attached hydrogens (tertiary/aromatic N) is 3. The molecule has 2 heterocycles. The Balaban J connectivity index is 1.81. The molecular formula is C18H22N6O3S2. The predicted molar refractivity (Wildman–Crippen MR) is 116 cm³/mol. The van der Waals surface area contributed by atoms with Gasteiger partial charge in [0.2, 0.25) is 16.0 Å². The summed E-state index contributed by atoms with van der Waals surface area (Å²) in [5.41, 5.74) is 2.64. The molecular weight excluding hydrogens is 412 g/mol. The number of aliphatic hydroxyl groups excluding tert-OH is 1. The standard InChI is InChI=1S/C18H22N6O3S2/c1-11(10-25)20-18-21-12(2)16(28-18)15-7-8-19-17(23-15)22-13-5-4-6-14(9-13)24-29(3,26)27/h4-9,11,24-25H,10H2,1-3H3,(H,20,21)(H,19,22,23). The van der Waals surface area contributed by atoms with E-state index in [0.29, 0.717) is 28.1 Å². The van der Waals surface area contributed by atoms with Crippen LogP contribution in [0.25, 0.3) is 10.6 Å². The highest BCUT2D eigenvalue weighted by Gasteiger charge is 2.13. The Morgan fingerprint density at radius 3 is 2.69 bits per heavy atom. The molecule has 1 unspecified atom stereocenters. The Kier molecular flexibility index (Phi) is 6.30. The average molecular weight is 435 g/mol. The summed E-state index contributed by atoms with van der Waals surface area (Å²) in [4.78, 5) is 14.2. The fourth-order valence-corrected chi connectivity index (χ4v) is 4.10. The zero-order chi connectivity index (χ0) is 21.0. The summed E-state index contributed by atoms with van der Waals surface area (Å²) in [6.07, 6.45) is 2.74. The lowest BCUT2D eigenvalue weighted by Gasteiger charge is -2.09. The first-order valence-electron chi connectivity index (χ1n) is 8.76. The van der Waals surface area contributed by atoms with Crippen LogP contribution in [0.4, 0.5) is 22.5 Å². The van der Waals surface area contributed by atoms with Crippen LogP contribution in [0.2, 0.25) is 0 Å². The average Bonchev–Trinajstić information content (AvgIpc) is 3.01. The van der Waals surface area contributed by atoms with E-state index in [9.17, 15) is 13.5 Å². The van der Waals surface area contributed by atoms with E-state index in [1.165, 1.54) is 11.3 Å². The van der Waals surface area contributed by atoms with Crippen LogP contribution in [0.15, 0.2) is 36.5 Å². The number of aryl methyl sites for hydroxylation is 1. The van der Waals surface area contributed by atoms with Gasteiger partial charge in [-0.25, -0.2) is 23.4 Å². The Morgan fingerprint density at radius 2 is 1.97 bits per heavy atom. The van der Waals surface area contributed by atoms with Gasteiger partial charge >= 0.3 is 0 Å². The van der Waals surface area contributed by atoms with Gasteiger partial charge in [-0.15, -0.1) is 0 Å². The van der Waals surface area contributed by atoms with Crippen molar-refractivity contribution in [1.29, 1.82) is 0 Å². The second kappa shape index (κ2) is 8.72. The molecule has 3 aromatic rings. The number of nitrogens with one attached hydrogen (secondary N) is 3. The predicted octanol–water partition coefficient (Wildman–Crippen LogP) is 2.82. The van der Waals surface area contributed by atoms with Crippen LogP contribution in [0.5, 0.6) is 0 Å². The van der Waals surface area contributed by atoms with E-state index >= 15 is 0 Å². The molecule has 29 heavy (non-hydrogen) atoms. The number of aliphatic hydroxyl groups is 1. The maximum atomic E-state index is 11.4. The number of sulfonamides is 1. The van der Waals surface area contributed by atoms with Crippen LogP contribution in [0.1, 0.15) is 12.6 Å². The molecule has 0 radical (unpaired) electrons. The van der Waals surface area contributed by atoms with Gasteiger partial charge in [-0.1, -0.05) is 17.4 Å². The minimum absolute atomic E-state index is 0.0167. The Hall–Kier alpha value is -2.76. The van der Waals surface area contributed by atoms with Crippen LogP contribution >= 0.6 is 11.3 Å². The number of aromatic nitrogens is 3. The lowest BCUT2D eigenvalue weighted by Crippen LogP contribution is -2.18. The van der Waals surface area contributed by atoms with E-state index < -0.39 is 10.0 Å². The molecule has 4 N–H and O–H groups in total. The largest absolute Gasteiger partial charge is 0.394 e. The molecule has 0 aliphatic heterocycles. The molecule has 0 bridgehead atoms. The number of hydrogen-bond acceptors (Lipinski definition) is 9. The van der Waals surface area contributed by atoms with E-state index in [1.54, 1.807) is 36.5 Å². The van der Waals surface area contributed by atoms with Gasteiger partial charge in [0.05, 0.1) is 34.8 Å². The molecule has 3 rings (SSSR count). The zero-order valence-electron chi connectivity index (χ0n) is 16.2. The number of hydrogen-bond donors (Lipinski definition) is 4. The summed E-state index contributed by atoms with van der Waals surface area (Å²) in [5.74, 6) is 0.380. The van der Waals surface area contributed by atoms with Gasteiger partial charge < -0.3 is 15.7 Å². The highest BCUT2D eigenvalue weighted by molar-refractivity contribution is 7.92. The lowest BCUT2D eigenvalue weighted by molar-refractivity contribution is 0.281. The van der Waals surface area contributed by atoms with E-state index in [-0.39, 0.29) is 12.6 Å². The van der Waals surface area contributed by atoms with Gasteiger partial charge in [0, 0.05) is 17.9 Å². The molecule has 0 saturated carbocycles. The molecule has 2 aromatic heterocycles. The SMILES string of the molecule is Cc1nc(NC(C)CO)sc1-c1ccnc(Nc2cccc(NS(C)(=O)=O)c2)n1. The number of rotatable bonds is 8. The Bertz CT molecular complexity index is 1100. The van der Waals surface area contributed by atoms with Crippen molar-refractivity contribution in [2.75, 3.05) is 28.2 Å². The van der Waals surface area contributed by atoms with Crippen LogP contribution < -0.4 is 15.4 Å². The van der Waals surface area contributed by atoms with Crippen LogP contribution in [0.3, 0.4) is 0 Å². The molecule has 11 heteroatoms. The van der Waals surface area contributed by atoms with Gasteiger partial charge in [0.25, 0.3) is 0 Å². The fourth-order valence-electron chi connectivity index (χ4n) is 2.50. The number of thiazole rings is 1. The quantitative estimate of drug-likeness (QED) is 0.426. The summed E-state index contributed by atoms with van der Waals surface area (Å²) < 4.78 is 25.3. The van der Waals surface area contributed by atoms with Crippen molar-refractivity contribution in [1.82, 2.24) is 15.0 Å². The van der Waals surface area contributed by atoms with Crippen LogP contribution in [-0.4, -0.2) is 47.4 Å². The second-order valence-electron chi connectivity index (χ2n) is 6.51. The second-order valence-corrected chi connectivity index (χ2v) is 9.25. The third-order valence-corrected chi connectivity index (χ3v) is 5.47. The van der Waals surface area contributed by atoms with Crippen molar-refractivity contribution in [2.45, 2.75) is 19.9 Å². The van der Waals surface area contributed by atoms with E-state index in [0.717, 1.165) is 16.8 Å². The molecule has 0 aliphatic carbocycles. The molecule has 0 spiro atoms. The van der Waals surface area contributed by atoms with Crippen LogP contribution in [0, 0.1) is 6.92 Å². The highest BCUT2D eigenvalue weighted by Crippen LogP contribution is 2.32. The molecule has 0 fully saturated rings. The fraction of sp³-hybridized carbons (Fsp3) is 0.278. The van der Waals surface area contributed by atoms with Crippen molar-refractivity contribution in [3.8, 4) is 10.6 Å². The van der Waals surface area contributed by atoms with E-state index in [2.05, 4.69) is 30.3 Å². The molecule has 1 aromatic carbocycles. The number of benzene rings is 1. The normalized spacial score (nSPS) is 12.4. The van der Waals surface area contributed by atoms with Gasteiger partial charge in [-0.05, 0) is 38.1 Å². The van der Waals surface area contributed by atoms with Gasteiger partial charge in [-0.2, -0.15) is 0 Å². The maximum absolute atomic E-state index is 11.4. The molecule has 0 aliphatic rings. The summed E-state index contributed by atoms with van der Waals surface area (Å²) in [6, 6.07) is 8.54. The van der Waals surface area contributed by atoms with Crippen molar-refractivity contribution < 1.29 is 13.5 Å². The first-order valence-corrected chi connectivity index (χ1v) is 11.5. The van der Waals surface area contributed by atoms with Crippen molar-refractivity contribution in [2.24, 2.45) is 0 Å². The first-order chi connectivity index (χ1) is 13.7. The molecule has 0 amide bonds. The summed E-state index contributed by atoms with van der Waals surface area (Å²) >= 11 is 1.45. The van der Waals surface area contributed by atoms with Crippen molar-refractivity contribution in [3.05, 3.63) is 42.2 Å². The molecule has 0 saturated heterocycles. The molecule has 9 nitrogen and oxygen atoms in total. The van der Waals surface area contributed by atoms with Gasteiger partial charge in [0.15, 0.2) is 5.13 Å². The van der Waals surface area contributed by atoms with Gasteiger partial charge in [-0.3, -0.25) is 4.72 Å². The third-order valence-electron chi connectivity index (χ3n) is 3.75. The van der Waals surface area contributed by atoms with E-state index in [4.69, 9.17) is 0 Å². The van der Waals surface area contributed by atoms with Crippen molar-refractivity contribution >= 4 is 43.8 Å². The summed E-state index contributed by atoms with van der Waals surface area (Å²) in [6.45, 7) is 3.79. The van der Waals surface area contributed by atoms with Gasteiger partial charge in [0.1, 0.15) is 0 Å². The maximum Gasteiger partial charge on any atom is 0.229 e. The van der Waals surface area contributed by atoms with E-state index in [1.807, 2.05) is 13.8 Å². The minimum atomic E-state index is -3.36. The van der Waals surface area contributed by atoms with Crippen LogP contribution in [-0.2, 0) is 10.0 Å². The highest BCUT2D eigenvalue weighted by atomic mass is 32.2. The third kappa shape index (κ3) is 5.86. The zero-order valence-corrected chi connectivity index (χ0v) is 17.8. The smallest absolute Gasteiger partial charge is 0.229 e. The lowest BCUT2D eigenvalue weighted by atomic mass is 10.3. The van der Waals surface area contributed by atoms with Crippen molar-refractivity contribution in [3.63, 3.8) is 0 Å². The molecule has 154 valence electrons. The molecule has 1 atom stereocenters. The summed E-state index contributed by atoms with van der Waals surface area (Å²) in [5, 5.41) is 16.1. The Morgan fingerprint density at radius 1 is 1.21 bits per heavy atom.